The van der Waals surface area contributed by atoms with Crippen molar-refractivity contribution < 1.29 is 29.3 Å². The summed E-state index contributed by atoms with van der Waals surface area (Å²) in [5, 5.41) is 18.7. The monoisotopic (exact) mass is 350 g/mol. The van der Waals surface area contributed by atoms with Crippen molar-refractivity contribution in [2.45, 2.75) is 45.3 Å². The van der Waals surface area contributed by atoms with E-state index in [-0.39, 0.29) is 18.8 Å². The van der Waals surface area contributed by atoms with E-state index in [9.17, 15) is 19.8 Å². The molecule has 0 unspecified atom stereocenters. The summed E-state index contributed by atoms with van der Waals surface area (Å²) < 4.78 is 11.0. The Balaban J connectivity index is 2.37. The Kier molecular flexibility index (Phi) is 6.56. The van der Waals surface area contributed by atoms with Crippen LogP contribution in [0.4, 0.5) is 0 Å². The number of rotatable bonds is 4. The molecule has 0 bridgehead atoms. The lowest BCUT2D eigenvalue weighted by atomic mass is 9.85. The van der Waals surface area contributed by atoms with Crippen molar-refractivity contribution in [3.8, 4) is 0 Å². The molecule has 25 heavy (non-hydrogen) atoms. The zero-order valence-corrected chi connectivity index (χ0v) is 14.7. The molecular weight excluding hydrogens is 324 g/mol. The highest BCUT2D eigenvalue weighted by molar-refractivity contribution is 5.91. The van der Waals surface area contributed by atoms with Crippen LogP contribution in [0.1, 0.15) is 33.1 Å². The lowest BCUT2D eigenvalue weighted by Crippen LogP contribution is -2.35. The number of esters is 2. The molecule has 0 amide bonds. The molecule has 1 aliphatic carbocycles. The van der Waals surface area contributed by atoms with E-state index >= 15 is 0 Å². The van der Waals surface area contributed by atoms with Gasteiger partial charge in [-0.1, -0.05) is 18.2 Å². The lowest BCUT2D eigenvalue weighted by Gasteiger charge is -2.28. The standard InChI is InChI=1S/C19H26O6/c1-11-5-4-6-14(10-21)8-16-17(13(3)19(23)25-16)15(7-11)24-18(22)12(2)9-20/h5,8,12,15-17,20-21H,3-4,6-7,9-10H2,1-2H3/b11-5-,14-8+/t12-,15+,16-,17-/m1/s1. The molecule has 0 saturated carbocycles. The van der Waals surface area contributed by atoms with Crippen molar-refractivity contribution in [3.63, 3.8) is 0 Å². The largest absolute Gasteiger partial charge is 0.461 e. The molecule has 1 heterocycles. The van der Waals surface area contributed by atoms with E-state index in [1.54, 1.807) is 13.0 Å². The van der Waals surface area contributed by atoms with Crippen LogP contribution >= 0.6 is 0 Å². The Morgan fingerprint density at radius 2 is 2.20 bits per heavy atom. The SMILES string of the molecule is C=C1C(=O)O[C@@H]2/C=C(/CO)CC/C=C(/C)C[C@H](OC(=O)[C@H](C)CO)[C@@H]12. The van der Waals surface area contributed by atoms with E-state index in [2.05, 4.69) is 6.58 Å². The summed E-state index contributed by atoms with van der Waals surface area (Å²) in [6, 6.07) is 0. The maximum Gasteiger partial charge on any atom is 0.334 e. The summed E-state index contributed by atoms with van der Waals surface area (Å²) in [6.07, 6.45) is 4.44. The normalized spacial score (nSPS) is 32.6. The molecule has 1 saturated heterocycles. The molecule has 2 N–H and O–H groups in total. The first-order chi connectivity index (χ1) is 11.9. The average Bonchev–Trinajstić information content (AvgIpc) is 2.86. The zero-order chi connectivity index (χ0) is 18.6. The number of allylic oxidation sites excluding steroid dienone is 1. The van der Waals surface area contributed by atoms with Crippen molar-refractivity contribution in [2.24, 2.45) is 11.8 Å². The fourth-order valence-electron chi connectivity index (χ4n) is 3.11. The van der Waals surface area contributed by atoms with Crippen LogP contribution < -0.4 is 0 Å². The minimum atomic E-state index is -0.645. The van der Waals surface area contributed by atoms with Crippen LogP contribution in [0.25, 0.3) is 0 Å². The minimum absolute atomic E-state index is 0.119. The van der Waals surface area contributed by atoms with Crippen LogP contribution in [0, 0.1) is 11.8 Å². The third-order valence-electron chi connectivity index (χ3n) is 4.69. The second-order valence-corrected chi connectivity index (χ2v) is 6.76. The van der Waals surface area contributed by atoms with Crippen LogP contribution in [0.2, 0.25) is 0 Å². The zero-order valence-electron chi connectivity index (χ0n) is 14.7. The van der Waals surface area contributed by atoms with Crippen molar-refractivity contribution in [2.75, 3.05) is 13.2 Å². The fraction of sp³-hybridized carbons (Fsp3) is 0.579. The topological polar surface area (TPSA) is 93.1 Å². The summed E-state index contributed by atoms with van der Waals surface area (Å²) >= 11 is 0. The Labute approximate surface area is 147 Å². The summed E-state index contributed by atoms with van der Waals surface area (Å²) in [6.45, 7) is 6.91. The first-order valence-electron chi connectivity index (χ1n) is 8.54. The van der Waals surface area contributed by atoms with Gasteiger partial charge in [0.2, 0.25) is 0 Å². The first kappa shape index (κ1) is 19.4. The van der Waals surface area contributed by atoms with Gasteiger partial charge in [0.05, 0.1) is 25.0 Å². The second-order valence-electron chi connectivity index (χ2n) is 6.76. The molecule has 1 fully saturated rings. The van der Waals surface area contributed by atoms with Crippen molar-refractivity contribution in [1.82, 2.24) is 0 Å². The van der Waals surface area contributed by atoms with Gasteiger partial charge in [0, 0.05) is 12.0 Å². The van der Waals surface area contributed by atoms with Gasteiger partial charge in [-0.2, -0.15) is 0 Å². The van der Waals surface area contributed by atoms with Crippen molar-refractivity contribution in [3.05, 3.63) is 35.5 Å². The number of carbonyl (C=O) groups is 2. The van der Waals surface area contributed by atoms with Crippen LogP contribution in [-0.4, -0.2) is 47.6 Å². The van der Waals surface area contributed by atoms with Gasteiger partial charge < -0.3 is 19.7 Å². The first-order valence-corrected chi connectivity index (χ1v) is 8.54. The molecule has 0 aromatic heterocycles. The predicted molar refractivity (Wildman–Crippen MR) is 91.4 cm³/mol. The van der Waals surface area contributed by atoms with Crippen LogP contribution in [0.15, 0.2) is 35.5 Å². The van der Waals surface area contributed by atoms with Gasteiger partial charge >= 0.3 is 11.9 Å². The van der Waals surface area contributed by atoms with Gasteiger partial charge in [-0.15, -0.1) is 0 Å². The van der Waals surface area contributed by atoms with Gasteiger partial charge in [-0.25, -0.2) is 4.79 Å². The number of aliphatic hydroxyl groups excluding tert-OH is 2. The number of ether oxygens (including phenoxy) is 2. The van der Waals surface area contributed by atoms with E-state index in [1.165, 1.54) is 0 Å². The third kappa shape index (κ3) is 4.58. The third-order valence-corrected chi connectivity index (χ3v) is 4.69. The molecular formula is C19H26O6. The molecule has 2 aliphatic rings. The molecule has 0 aromatic rings. The van der Waals surface area contributed by atoms with E-state index < -0.39 is 36.0 Å². The molecule has 6 nitrogen and oxygen atoms in total. The predicted octanol–water partition coefficient (Wildman–Crippen LogP) is 1.67. The number of fused-ring (bicyclic) bond motifs is 1. The van der Waals surface area contributed by atoms with Crippen LogP contribution in [0.5, 0.6) is 0 Å². The maximum atomic E-state index is 12.2. The summed E-state index contributed by atoms with van der Waals surface area (Å²) in [5.41, 5.74) is 2.07. The van der Waals surface area contributed by atoms with Gasteiger partial charge in [0.1, 0.15) is 12.2 Å². The lowest BCUT2D eigenvalue weighted by molar-refractivity contribution is -0.157. The molecule has 0 radical (unpaired) electrons. The molecule has 4 atom stereocenters. The molecule has 0 aromatic carbocycles. The van der Waals surface area contributed by atoms with Gasteiger partial charge in [0.15, 0.2) is 0 Å². The minimum Gasteiger partial charge on any atom is -0.461 e. The molecule has 0 spiro atoms. The van der Waals surface area contributed by atoms with E-state index in [0.29, 0.717) is 12.8 Å². The van der Waals surface area contributed by atoms with Crippen LogP contribution in [0.3, 0.4) is 0 Å². The second kappa shape index (κ2) is 8.45. The Morgan fingerprint density at radius 3 is 2.84 bits per heavy atom. The number of carbonyl (C=O) groups excluding carboxylic acids is 2. The van der Waals surface area contributed by atoms with E-state index in [1.807, 2.05) is 13.0 Å². The molecule has 138 valence electrons. The Bertz CT molecular complexity index is 603. The highest BCUT2D eigenvalue weighted by atomic mass is 16.6. The average molecular weight is 350 g/mol. The number of aliphatic hydroxyl groups is 2. The maximum absolute atomic E-state index is 12.2. The van der Waals surface area contributed by atoms with Gasteiger partial charge in [-0.05, 0) is 38.3 Å². The van der Waals surface area contributed by atoms with Crippen LogP contribution in [-0.2, 0) is 19.1 Å². The quantitative estimate of drug-likeness (QED) is 0.455. The Hall–Kier alpha value is -1.92. The van der Waals surface area contributed by atoms with Gasteiger partial charge in [0.25, 0.3) is 0 Å². The Morgan fingerprint density at radius 1 is 1.48 bits per heavy atom. The molecule has 1 aliphatic heterocycles. The van der Waals surface area contributed by atoms with E-state index in [0.717, 1.165) is 17.6 Å². The van der Waals surface area contributed by atoms with Crippen molar-refractivity contribution in [1.29, 1.82) is 0 Å². The highest BCUT2D eigenvalue weighted by Crippen LogP contribution is 2.36. The number of hydrogen-bond acceptors (Lipinski definition) is 6. The summed E-state index contributed by atoms with van der Waals surface area (Å²) in [5.74, 6) is -2.19. The summed E-state index contributed by atoms with van der Waals surface area (Å²) in [4.78, 5) is 24.2. The summed E-state index contributed by atoms with van der Waals surface area (Å²) in [7, 11) is 0. The highest BCUT2D eigenvalue weighted by Gasteiger charge is 2.44. The van der Waals surface area contributed by atoms with Gasteiger partial charge in [-0.3, -0.25) is 4.79 Å². The smallest absolute Gasteiger partial charge is 0.334 e. The van der Waals surface area contributed by atoms with Crippen molar-refractivity contribution >= 4 is 11.9 Å². The fourth-order valence-corrected chi connectivity index (χ4v) is 3.11. The number of hydrogen-bond donors (Lipinski definition) is 2. The van der Waals surface area contributed by atoms with E-state index in [4.69, 9.17) is 9.47 Å². The molecule has 2 rings (SSSR count). The molecule has 6 heteroatoms.